The highest BCUT2D eigenvalue weighted by molar-refractivity contribution is 7.80. The summed E-state index contributed by atoms with van der Waals surface area (Å²) in [6.07, 6.45) is -2.04. The molecule has 0 heterocycles. The zero-order chi connectivity index (χ0) is 21.3. The van der Waals surface area contributed by atoms with Gasteiger partial charge >= 0.3 is 11.9 Å². The Morgan fingerprint density at radius 3 is 1.85 bits per heavy atom. The van der Waals surface area contributed by atoms with E-state index in [4.69, 9.17) is 15.9 Å². The molecule has 0 spiro atoms. The molecule has 0 rings (SSSR count). The molecule has 154 valence electrons. The average molecular weight is 408 g/mol. The summed E-state index contributed by atoms with van der Waals surface area (Å²) in [5.74, 6) is -5.70. The van der Waals surface area contributed by atoms with Gasteiger partial charge in [-0.15, -0.1) is 0 Å². The molecular weight excluding hydrogens is 384 g/mol. The lowest BCUT2D eigenvalue weighted by molar-refractivity contribution is -0.142. The molecule has 0 aliphatic carbocycles. The number of aliphatic hydroxyl groups is 1. The van der Waals surface area contributed by atoms with E-state index in [1.165, 1.54) is 13.8 Å². The molecular formula is C14H24N4O8S. The van der Waals surface area contributed by atoms with E-state index in [1.54, 1.807) is 0 Å². The van der Waals surface area contributed by atoms with E-state index in [9.17, 15) is 29.1 Å². The molecule has 0 aromatic carbocycles. The van der Waals surface area contributed by atoms with Crippen molar-refractivity contribution in [3.63, 3.8) is 0 Å². The topological polar surface area (TPSA) is 208 Å². The quantitative estimate of drug-likeness (QED) is 0.160. The van der Waals surface area contributed by atoms with Gasteiger partial charge in [0.2, 0.25) is 17.7 Å². The minimum Gasteiger partial charge on any atom is -0.481 e. The highest BCUT2D eigenvalue weighted by atomic mass is 32.1. The number of amides is 3. The van der Waals surface area contributed by atoms with Crippen molar-refractivity contribution in [2.24, 2.45) is 5.73 Å². The lowest BCUT2D eigenvalue weighted by atomic mass is 10.1. The second-order valence-electron chi connectivity index (χ2n) is 5.74. The molecule has 27 heavy (non-hydrogen) atoms. The van der Waals surface area contributed by atoms with E-state index in [1.807, 2.05) is 0 Å². The van der Waals surface area contributed by atoms with Crippen LogP contribution in [-0.2, 0) is 24.0 Å². The molecule has 5 atom stereocenters. The van der Waals surface area contributed by atoms with Crippen LogP contribution in [0.4, 0.5) is 0 Å². The van der Waals surface area contributed by atoms with Gasteiger partial charge in [-0.2, -0.15) is 12.6 Å². The summed E-state index contributed by atoms with van der Waals surface area (Å²) in [7, 11) is 0. The monoisotopic (exact) mass is 408 g/mol. The first-order valence-electron chi connectivity index (χ1n) is 7.80. The number of nitrogens with one attached hydrogen (secondary N) is 3. The molecule has 0 radical (unpaired) electrons. The van der Waals surface area contributed by atoms with Crippen molar-refractivity contribution in [2.75, 3.05) is 5.75 Å². The van der Waals surface area contributed by atoms with Crippen molar-refractivity contribution in [2.45, 2.75) is 50.5 Å². The Morgan fingerprint density at radius 1 is 0.926 bits per heavy atom. The van der Waals surface area contributed by atoms with Gasteiger partial charge in [-0.1, -0.05) is 0 Å². The van der Waals surface area contributed by atoms with E-state index in [0.717, 1.165) is 0 Å². The Balaban J connectivity index is 5.02. The second-order valence-corrected chi connectivity index (χ2v) is 6.10. The molecule has 0 aliphatic heterocycles. The fourth-order valence-corrected chi connectivity index (χ4v) is 1.98. The molecule has 12 nitrogen and oxygen atoms in total. The first-order chi connectivity index (χ1) is 12.4. The van der Waals surface area contributed by atoms with E-state index in [2.05, 4.69) is 28.6 Å². The van der Waals surface area contributed by atoms with E-state index in [0.29, 0.717) is 0 Å². The molecule has 0 saturated heterocycles. The van der Waals surface area contributed by atoms with Gasteiger partial charge in [-0.05, 0) is 13.8 Å². The number of nitrogens with two attached hydrogens (primary N) is 1. The van der Waals surface area contributed by atoms with Gasteiger partial charge in [0.15, 0.2) is 0 Å². The third-order valence-electron chi connectivity index (χ3n) is 3.38. The SMILES string of the molecule is CC(NC(=O)C(CC(=O)O)NC(=O)C(N)C(C)O)C(=O)NC(CS)C(=O)O. The maximum absolute atomic E-state index is 12.2. The minimum atomic E-state index is -1.56. The molecule has 13 heteroatoms. The highest BCUT2D eigenvalue weighted by Crippen LogP contribution is 1.99. The van der Waals surface area contributed by atoms with Crippen LogP contribution in [0.2, 0.25) is 0 Å². The fraction of sp³-hybridized carbons (Fsp3) is 0.643. The average Bonchev–Trinajstić information content (AvgIpc) is 2.56. The van der Waals surface area contributed by atoms with Crippen LogP contribution in [0.1, 0.15) is 20.3 Å². The van der Waals surface area contributed by atoms with E-state index >= 15 is 0 Å². The van der Waals surface area contributed by atoms with Crippen LogP contribution in [0.3, 0.4) is 0 Å². The van der Waals surface area contributed by atoms with Gasteiger partial charge in [0.05, 0.1) is 12.5 Å². The zero-order valence-electron chi connectivity index (χ0n) is 14.7. The molecule has 0 saturated carbocycles. The summed E-state index contributed by atoms with van der Waals surface area (Å²) in [5.41, 5.74) is 5.42. The summed E-state index contributed by atoms with van der Waals surface area (Å²) in [6.45, 7) is 2.48. The van der Waals surface area contributed by atoms with E-state index in [-0.39, 0.29) is 5.75 Å². The number of rotatable bonds is 11. The molecule has 0 aliphatic rings. The summed E-state index contributed by atoms with van der Waals surface area (Å²) >= 11 is 3.78. The Kier molecular flexibility index (Phi) is 10.4. The predicted molar refractivity (Wildman–Crippen MR) is 94.9 cm³/mol. The Morgan fingerprint density at radius 2 is 1.44 bits per heavy atom. The maximum Gasteiger partial charge on any atom is 0.327 e. The van der Waals surface area contributed by atoms with Crippen LogP contribution in [0.5, 0.6) is 0 Å². The van der Waals surface area contributed by atoms with Gasteiger partial charge in [-0.25, -0.2) is 4.79 Å². The highest BCUT2D eigenvalue weighted by Gasteiger charge is 2.30. The van der Waals surface area contributed by atoms with Crippen molar-refractivity contribution in [1.29, 1.82) is 0 Å². The summed E-state index contributed by atoms with van der Waals surface area (Å²) in [6, 6.07) is -5.45. The third-order valence-corrected chi connectivity index (χ3v) is 3.75. The van der Waals surface area contributed by atoms with Crippen LogP contribution in [0, 0.1) is 0 Å². The Labute approximate surface area is 160 Å². The molecule has 3 amide bonds. The van der Waals surface area contributed by atoms with Crippen LogP contribution in [-0.4, -0.2) is 81.0 Å². The fourth-order valence-electron chi connectivity index (χ4n) is 1.73. The van der Waals surface area contributed by atoms with Crippen molar-refractivity contribution < 1.29 is 39.3 Å². The zero-order valence-corrected chi connectivity index (χ0v) is 15.6. The number of aliphatic carboxylic acids is 2. The van der Waals surface area contributed by atoms with Gasteiger partial charge < -0.3 is 37.0 Å². The molecule has 8 N–H and O–H groups in total. The molecule has 0 aromatic rings. The number of carboxylic acids is 2. The predicted octanol–water partition coefficient (Wildman–Crippen LogP) is -3.34. The van der Waals surface area contributed by atoms with E-state index < -0.39 is 66.4 Å². The smallest absolute Gasteiger partial charge is 0.327 e. The summed E-state index contributed by atoms with van der Waals surface area (Å²) in [5, 5.41) is 33.4. The second kappa shape index (κ2) is 11.4. The van der Waals surface area contributed by atoms with Crippen LogP contribution < -0.4 is 21.7 Å². The van der Waals surface area contributed by atoms with Crippen LogP contribution in [0.25, 0.3) is 0 Å². The normalized spacial score (nSPS) is 16.2. The summed E-state index contributed by atoms with van der Waals surface area (Å²) < 4.78 is 0. The Hall–Kier alpha value is -2.38. The first-order valence-corrected chi connectivity index (χ1v) is 8.44. The van der Waals surface area contributed by atoms with Crippen LogP contribution >= 0.6 is 12.6 Å². The number of hydrogen-bond donors (Lipinski definition) is 8. The number of carboxylic acid groups (broad SMARTS) is 2. The lowest BCUT2D eigenvalue weighted by Crippen LogP contribution is -2.58. The molecule has 0 aromatic heterocycles. The largest absolute Gasteiger partial charge is 0.481 e. The van der Waals surface area contributed by atoms with Gasteiger partial charge in [0.25, 0.3) is 0 Å². The maximum atomic E-state index is 12.2. The molecule has 0 bridgehead atoms. The Bertz CT molecular complexity index is 585. The summed E-state index contributed by atoms with van der Waals surface area (Å²) in [4.78, 5) is 57.8. The van der Waals surface area contributed by atoms with Gasteiger partial charge in [0, 0.05) is 5.75 Å². The number of carbonyl (C=O) groups excluding carboxylic acids is 3. The van der Waals surface area contributed by atoms with Crippen molar-refractivity contribution in [1.82, 2.24) is 16.0 Å². The lowest BCUT2D eigenvalue weighted by Gasteiger charge is -2.23. The third kappa shape index (κ3) is 8.70. The standard InChI is InChI=1S/C14H24N4O8S/c1-5(11(22)18-8(4-27)14(25)26)16-12(23)7(3-9(20)21)17-13(24)10(15)6(2)19/h5-8,10,19,27H,3-4,15H2,1-2H3,(H,16,23)(H,17,24)(H,18,22)(H,20,21)(H,25,26). The van der Waals surface area contributed by atoms with Crippen molar-refractivity contribution in [3.8, 4) is 0 Å². The van der Waals surface area contributed by atoms with Gasteiger partial charge in [-0.3, -0.25) is 19.2 Å². The first kappa shape index (κ1) is 24.6. The minimum absolute atomic E-state index is 0.184. The van der Waals surface area contributed by atoms with Crippen LogP contribution in [0.15, 0.2) is 0 Å². The molecule has 0 fully saturated rings. The number of hydrogen-bond acceptors (Lipinski definition) is 8. The van der Waals surface area contributed by atoms with Gasteiger partial charge in [0.1, 0.15) is 24.2 Å². The van der Waals surface area contributed by atoms with Crippen molar-refractivity contribution in [3.05, 3.63) is 0 Å². The van der Waals surface area contributed by atoms with Crippen molar-refractivity contribution >= 4 is 42.3 Å². The number of thiol groups is 1. The number of carbonyl (C=O) groups is 5. The number of aliphatic hydroxyl groups excluding tert-OH is 1. The molecule has 5 unspecified atom stereocenters.